The number of carboxylic acid groups (broad SMARTS) is 1. The van der Waals surface area contributed by atoms with E-state index in [2.05, 4.69) is 0 Å². The van der Waals surface area contributed by atoms with Gasteiger partial charge in [-0.1, -0.05) is 12.2 Å². The lowest BCUT2D eigenvalue weighted by molar-refractivity contribution is -0.142. The summed E-state index contributed by atoms with van der Waals surface area (Å²) < 4.78 is 0. The van der Waals surface area contributed by atoms with Crippen molar-refractivity contribution in [2.75, 3.05) is 0 Å². The fourth-order valence-corrected chi connectivity index (χ4v) is 1.12. The van der Waals surface area contributed by atoms with Crippen LogP contribution in [0, 0.1) is 5.92 Å². The Labute approximate surface area is 71.7 Å². The van der Waals surface area contributed by atoms with Crippen molar-refractivity contribution >= 4 is 18.4 Å². The van der Waals surface area contributed by atoms with E-state index in [4.69, 9.17) is 10.8 Å². The Morgan fingerprint density at radius 3 is 2.36 bits per heavy atom. The molecule has 0 saturated carbocycles. The molecule has 3 nitrogen and oxygen atoms in total. The van der Waals surface area contributed by atoms with Crippen molar-refractivity contribution in [2.24, 2.45) is 11.7 Å². The molecule has 3 N–H and O–H groups in total. The van der Waals surface area contributed by atoms with Gasteiger partial charge in [-0.25, -0.2) is 0 Å². The monoisotopic (exact) mass is 177 g/mol. The van der Waals surface area contributed by atoms with Gasteiger partial charge in [0.2, 0.25) is 0 Å². The van der Waals surface area contributed by atoms with Crippen LogP contribution in [-0.2, 0) is 4.79 Å². The van der Waals surface area contributed by atoms with Crippen LogP contribution >= 0.6 is 12.4 Å². The number of rotatable bonds is 1. The molecule has 0 aromatic rings. The van der Waals surface area contributed by atoms with E-state index in [9.17, 15) is 4.79 Å². The molecule has 0 radical (unpaired) electrons. The third-order valence-electron chi connectivity index (χ3n) is 1.80. The van der Waals surface area contributed by atoms with Gasteiger partial charge in [0.15, 0.2) is 0 Å². The van der Waals surface area contributed by atoms with Gasteiger partial charge in [-0.15, -0.1) is 12.4 Å². The minimum atomic E-state index is -0.781. The third-order valence-corrected chi connectivity index (χ3v) is 1.80. The Morgan fingerprint density at radius 1 is 1.45 bits per heavy atom. The first-order valence-corrected chi connectivity index (χ1v) is 3.35. The summed E-state index contributed by atoms with van der Waals surface area (Å²) in [5.74, 6) is -1.15. The van der Waals surface area contributed by atoms with Gasteiger partial charge < -0.3 is 10.8 Å². The number of aliphatic carboxylic acids is 1. The lowest BCUT2D eigenvalue weighted by Crippen LogP contribution is -2.36. The van der Waals surface area contributed by atoms with Crippen molar-refractivity contribution in [2.45, 2.75) is 18.9 Å². The zero-order valence-electron chi connectivity index (χ0n) is 6.06. The van der Waals surface area contributed by atoms with E-state index < -0.39 is 5.97 Å². The average molecular weight is 178 g/mol. The largest absolute Gasteiger partial charge is 0.481 e. The molecule has 1 aliphatic rings. The Balaban J connectivity index is 0.000001000. The molecule has 0 bridgehead atoms. The zero-order valence-corrected chi connectivity index (χ0v) is 6.88. The maximum Gasteiger partial charge on any atom is 0.308 e. The average Bonchev–Trinajstić information content (AvgIpc) is 1.88. The minimum absolute atomic E-state index is 0. The van der Waals surface area contributed by atoms with Crippen LogP contribution in [0.5, 0.6) is 0 Å². The molecule has 0 aromatic carbocycles. The standard InChI is InChI=1S/C7H11NO2.ClH/c8-6-4-2-1-3-5(6)7(9)10;/h1-2,5-6H,3-4,8H2,(H,9,10);1H/t5-,6-;/m0./s1. The van der Waals surface area contributed by atoms with Crippen molar-refractivity contribution in [1.82, 2.24) is 0 Å². The summed E-state index contributed by atoms with van der Waals surface area (Å²) in [7, 11) is 0. The maximum atomic E-state index is 10.5. The first-order chi connectivity index (χ1) is 4.72. The highest BCUT2D eigenvalue weighted by Crippen LogP contribution is 2.16. The second-order valence-electron chi connectivity index (χ2n) is 2.55. The summed E-state index contributed by atoms with van der Waals surface area (Å²) in [5, 5.41) is 8.59. The van der Waals surface area contributed by atoms with Gasteiger partial charge in [0.05, 0.1) is 5.92 Å². The van der Waals surface area contributed by atoms with Crippen LogP contribution in [0.15, 0.2) is 12.2 Å². The quantitative estimate of drug-likeness (QED) is 0.582. The lowest BCUT2D eigenvalue weighted by atomic mass is 9.90. The summed E-state index contributed by atoms with van der Waals surface area (Å²) in [6.07, 6.45) is 5.08. The Bertz CT molecular complexity index is 170. The Hall–Kier alpha value is -0.540. The number of hydrogen-bond acceptors (Lipinski definition) is 2. The van der Waals surface area contributed by atoms with Crippen LogP contribution in [0.25, 0.3) is 0 Å². The van der Waals surface area contributed by atoms with Gasteiger partial charge >= 0.3 is 5.97 Å². The smallest absolute Gasteiger partial charge is 0.308 e. The van der Waals surface area contributed by atoms with Crippen molar-refractivity contribution < 1.29 is 9.90 Å². The summed E-state index contributed by atoms with van der Waals surface area (Å²) in [4.78, 5) is 10.5. The molecule has 11 heavy (non-hydrogen) atoms. The van der Waals surface area contributed by atoms with E-state index in [1.165, 1.54) is 0 Å². The summed E-state index contributed by atoms with van der Waals surface area (Å²) in [6, 6.07) is -0.192. The van der Waals surface area contributed by atoms with E-state index in [1.807, 2.05) is 12.2 Å². The van der Waals surface area contributed by atoms with E-state index in [1.54, 1.807) is 0 Å². The summed E-state index contributed by atoms with van der Waals surface area (Å²) in [5.41, 5.74) is 5.55. The van der Waals surface area contributed by atoms with E-state index in [-0.39, 0.29) is 24.4 Å². The molecule has 2 atom stereocenters. The first-order valence-electron chi connectivity index (χ1n) is 3.35. The van der Waals surface area contributed by atoms with E-state index in [0.29, 0.717) is 12.8 Å². The van der Waals surface area contributed by atoms with Crippen LogP contribution in [0.2, 0.25) is 0 Å². The lowest BCUT2D eigenvalue weighted by Gasteiger charge is -2.20. The van der Waals surface area contributed by atoms with Crippen molar-refractivity contribution in [1.29, 1.82) is 0 Å². The number of allylic oxidation sites excluding steroid dienone is 1. The highest BCUT2D eigenvalue weighted by atomic mass is 35.5. The second kappa shape index (κ2) is 4.36. The van der Waals surface area contributed by atoms with Crippen LogP contribution < -0.4 is 5.73 Å². The van der Waals surface area contributed by atoms with Gasteiger partial charge in [-0.3, -0.25) is 4.79 Å². The van der Waals surface area contributed by atoms with Crippen molar-refractivity contribution in [3.63, 3.8) is 0 Å². The van der Waals surface area contributed by atoms with Crippen LogP contribution in [0.4, 0.5) is 0 Å². The number of carbonyl (C=O) groups is 1. The predicted molar refractivity (Wildman–Crippen MR) is 44.7 cm³/mol. The SMILES string of the molecule is Cl.N[C@H]1CC=CC[C@@H]1C(=O)O. The van der Waals surface area contributed by atoms with Gasteiger partial charge in [0.1, 0.15) is 0 Å². The molecular weight excluding hydrogens is 166 g/mol. The van der Waals surface area contributed by atoms with Crippen molar-refractivity contribution in [3.05, 3.63) is 12.2 Å². The minimum Gasteiger partial charge on any atom is -0.481 e. The summed E-state index contributed by atoms with van der Waals surface area (Å²) >= 11 is 0. The summed E-state index contributed by atoms with van der Waals surface area (Å²) in [6.45, 7) is 0. The van der Waals surface area contributed by atoms with E-state index >= 15 is 0 Å². The van der Waals surface area contributed by atoms with Crippen LogP contribution in [0.3, 0.4) is 0 Å². The number of hydrogen-bond donors (Lipinski definition) is 2. The molecule has 0 fully saturated rings. The fourth-order valence-electron chi connectivity index (χ4n) is 1.12. The molecule has 0 unspecified atom stereocenters. The van der Waals surface area contributed by atoms with Gasteiger partial charge in [-0.2, -0.15) is 0 Å². The molecule has 64 valence electrons. The Morgan fingerprint density at radius 2 is 2.00 bits per heavy atom. The maximum absolute atomic E-state index is 10.5. The fraction of sp³-hybridized carbons (Fsp3) is 0.571. The topological polar surface area (TPSA) is 63.3 Å². The second-order valence-corrected chi connectivity index (χ2v) is 2.55. The zero-order chi connectivity index (χ0) is 7.56. The van der Waals surface area contributed by atoms with Gasteiger partial charge in [0.25, 0.3) is 0 Å². The molecule has 1 aliphatic carbocycles. The number of nitrogens with two attached hydrogens (primary N) is 1. The highest BCUT2D eigenvalue weighted by molar-refractivity contribution is 5.85. The molecule has 0 saturated heterocycles. The number of carboxylic acids is 1. The molecule has 0 amide bonds. The first kappa shape index (κ1) is 10.5. The Kier molecular flexibility index (Phi) is 4.15. The van der Waals surface area contributed by atoms with Crippen LogP contribution in [0.1, 0.15) is 12.8 Å². The molecule has 1 rings (SSSR count). The highest BCUT2D eigenvalue weighted by Gasteiger charge is 2.24. The molecule has 0 spiro atoms. The molecule has 0 aliphatic heterocycles. The predicted octanol–water partition coefficient (Wildman–Crippen LogP) is 0.786. The van der Waals surface area contributed by atoms with E-state index in [0.717, 1.165) is 0 Å². The van der Waals surface area contributed by atoms with Crippen LogP contribution in [-0.4, -0.2) is 17.1 Å². The third kappa shape index (κ3) is 2.52. The van der Waals surface area contributed by atoms with Gasteiger partial charge in [-0.05, 0) is 12.8 Å². The molecule has 0 aromatic heterocycles. The van der Waals surface area contributed by atoms with Gasteiger partial charge in [0, 0.05) is 6.04 Å². The molecule has 4 heteroatoms. The molecule has 0 heterocycles. The normalized spacial score (nSPS) is 29.2. The molecular formula is C7H12ClNO2. The number of halogens is 1. The van der Waals surface area contributed by atoms with Crippen molar-refractivity contribution in [3.8, 4) is 0 Å².